The summed E-state index contributed by atoms with van der Waals surface area (Å²) in [6, 6.07) is 9.96. The predicted octanol–water partition coefficient (Wildman–Crippen LogP) is 3.59. The van der Waals surface area contributed by atoms with Crippen molar-refractivity contribution in [3.05, 3.63) is 35.9 Å². The first-order chi connectivity index (χ1) is 10.0. The molecule has 110 valence electrons. The minimum Gasteiger partial charge on any atom is -0.398 e. The second-order valence-electron chi connectivity index (χ2n) is 4.99. The fraction of sp³-hybridized carbons (Fsp3) is 0.250. The highest BCUT2D eigenvalue weighted by atomic mass is 35.5. The molecule has 0 aliphatic rings. The van der Waals surface area contributed by atoms with Crippen LogP contribution in [0.3, 0.4) is 0 Å². The van der Waals surface area contributed by atoms with Gasteiger partial charge in [0.05, 0.1) is 22.1 Å². The second kappa shape index (κ2) is 6.14. The third-order valence-electron chi connectivity index (χ3n) is 3.32. The van der Waals surface area contributed by atoms with Crippen molar-refractivity contribution in [1.82, 2.24) is 9.97 Å². The zero-order valence-corrected chi connectivity index (χ0v) is 13.4. The van der Waals surface area contributed by atoms with Gasteiger partial charge in [-0.25, -0.2) is 9.97 Å². The Bertz CT molecular complexity index is 784. The zero-order chi connectivity index (χ0) is 15.6. The van der Waals surface area contributed by atoms with Gasteiger partial charge in [0, 0.05) is 31.9 Å². The number of hydrogen-bond donors (Lipinski definition) is 1. The molecule has 0 aliphatic carbocycles. The summed E-state index contributed by atoms with van der Waals surface area (Å²) in [5.41, 5.74) is 12.4. The number of rotatable bonds is 1. The molecule has 0 saturated heterocycles. The molecule has 0 unspecified atom stereocenters. The Morgan fingerprint density at radius 2 is 1.48 bits per heavy atom. The van der Waals surface area contributed by atoms with Gasteiger partial charge in [0.2, 0.25) is 0 Å². The second-order valence-corrected chi connectivity index (χ2v) is 4.99. The van der Waals surface area contributed by atoms with Crippen LogP contribution in [0.4, 0.5) is 11.4 Å². The van der Waals surface area contributed by atoms with Crippen LogP contribution in [-0.4, -0.2) is 30.4 Å². The summed E-state index contributed by atoms with van der Waals surface area (Å²) < 4.78 is 0. The molecule has 0 spiro atoms. The fourth-order valence-electron chi connectivity index (χ4n) is 2.11. The summed E-state index contributed by atoms with van der Waals surface area (Å²) in [6.45, 7) is 1.98. The number of anilines is 2. The molecular formula is C16H19ClN4. The lowest BCUT2D eigenvalue weighted by Crippen LogP contribution is -2.08. The number of nitrogen functional groups attached to an aromatic ring is 1. The van der Waals surface area contributed by atoms with E-state index in [0.29, 0.717) is 0 Å². The number of alkyl halides is 1. The standard InChI is InChI=1S/C15H16N4.CH3Cl/c1-9-6-13-15(8-11(9)16)18-14-7-10(19(2)3)4-5-12(14)17-13;1-2/h4-8H,16H2,1-3H3;1H3. The normalized spacial score (nSPS) is 10.3. The molecule has 2 N–H and O–H groups in total. The van der Waals surface area contributed by atoms with Crippen molar-refractivity contribution in [2.45, 2.75) is 6.92 Å². The summed E-state index contributed by atoms with van der Waals surface area (Å²) in [5.74, 6) is 0. The molecule has 2 aromatic carbocycles. The molecule has 3 aromatic rings. The van der Waals surface area contributed by atoms with E-state index >= 15 is 0 Å². The van der Waals surface area contributed by atoms with E-state index < -0.39 is 0 Å². The number of benzene rings is 2. The number of halogens is 1. The van der Waals surface area contributed by atoms with Crippen molar-refractivity contribution < 1.29 is 0 Å². The Morgan fingerprint density at radius 1 is 0.905 bits per heavy atom. The van der Waals surface area contributed by atoms with Crippen molar-refractivity contribution in [2.24, 2.45) is 0 Å². The zero-order valence-electron chi connectivity index (χ0n) is 12.7. The number of nitrogens with two attached hydrogens (primary N) is 1. The van der Waals surface area contributed by atoms with Gasteiger partial charge in [-0.05, 0) is 42.8 Å². The fourth-order valence-corrected chi connectivity index (χ4v) is 2.11. The summed E-state index contributed by atoms with van der Waals surface area (Å²) in [6.07, 6.45) is 1.47. The summed E-state index contributed by atoms with van der Waals surface area (Å²) >= 11 is 4.64. The molecule has 4 nitrogen and oxygen atoms in total. The molecule has 0 radical (unpaired) electrons. The van der Waals surface area contributed by atoms with E-state index in [9.17, 15) is 0 Å². The molecule has 21 heavy (non-hydrogen) atoms. The van der Waals surface area contributed by atoms with Gasteiger partial charge >= 0.3 is 0 Å². The highest BCUT2D eigenvalue weighted by Crippen LogP contribution is 2.23. The average molecular weight is 303 g/mol. The quantitative estimate of drug-likeness (QED) is 0.424. The van der Waals surface area contributed by atoms with Crippen LogP contribution in [0.1, 0.15) is 5.56 Å². The minimum atomic E-state index is 0.755. The lowest BCUT2D eigenvalue weighted by Gasteiger charge is -2.12. The van der Waals surface area contributed by atoms with Gasteiger partial charge in [-0.3, -0.25) is 0 Å². The van der Waals surface area contributed by atoms with Crippen molar-refractivity contribution in [2.75, 3.05) is 31.1 Å². The topological polar surface area (TPSA) is 55.0 Å². The van der Waals surface area contributed by atoms with Crippen LogP contribution in [0.25, 0.3) is 22.1 Å². The van der Waals surface area contributed by atoms with E-state index in [-0.39, 0.29) is 0 Å². The molecule has 5 heteroatoms. The smallest absolute Gasteiger partial charge is 0.0915 e. The highest BCUT2D eigenvalue weighted by molar-refractivity contribution is 6.15. The van der Waals surface area contributed by atoms with Gasteiger partial charge in [0.15, 0.2) is 0 Å². The van der Waals surface area contributed by atoms with E-state index in [2.05, 4.69) is 26.5 Å². The van der Waals surface area contributed by atoms with Gasteiger partial charge < -0.3 is 10.6 Å². The maximum atomic E-state index is 5.93. The highest BCUT2D eigenvalue weighted by Gasteiger charge is 2.05. The van der Waals surface area contributed by atoms with E-state index in [1.54, 1.807) is 0 Å². The van der Waals surface area contributed by atoms with Crippen molar-refractivity contribution in [3.8, 4) is 0 Å². The average Bonchev–Trinajstić information content (AvgIpc) is 2.48. The predicted molar refractivity (Wildman–Crippen MR) is 92.3 cm³/mol. The van der Waals surface area contributed by atoms with Gasteiger partial charge in [-0.1, -0.05) is 0 Å². The Hall–Kier alpha value is -2.07. The van der Waals surface area contributed by atoms with E-state index in [0.717, 1.165) is 39.0 Å². The molecule has 0 amide bonds. The largest absolute Gasteiger partial charge is 0.398 e. The number of aryl methyl sites for hydroxylation is 1. The Kier molecular flexibility index (Phi) is 4.48. The maximum Gasteiger partial charge on any atom is 0.0915 e. The van der Waals surface area contributed by atoms with E-state index in [1.807, 2.05) is 51.4 Å². The third-order valence-corrected chi connectivity index (χ3v) is 3.32. The summed E-state index contributed by atoms with van der Waals surface area (Å²) in [5, 5.41) is 0. The minimum absolute atomic E-state index is 0.755. The Balaban J connectivity index is 0.000000774. The number of aromatic nitrogens is 2. The van der Waals surface area contributed by atoms with Crippen molar-refractivity contribution in [1.29, 1.82) is 0 Å². The van der Waals surface area contributed by atoms with Crippen LogP contribution in [0.5, 0.6) is 0 Å². The Morgan fingerprint density at radius 3 is 2.14 bits per heavy atom. The van der Waals surface area contributed by atoms with Crippen LogP contribution in [0, 0.1) is 6.92 Å². The van der Waals surface area contributed by atoms with E-state index in [1.165, 1.54) is 6.38 Å². The molecule has 0 aliphatic heterocycles. The lowest BCUT2D eigenvalue weighted by atomic mass is 10.1. The van der Waals surface area contributed by atoms with Crippen molar-refractivity contribution in [3.63, 3.8) is 0 Å². The first kappa shape index (κ1) is 15.3. The molecule has 0 saturated carbocycles. The van der Waals surface area contributed by atoms with Gasteiger partial charge in [-0.15, -0.1) is 11.6 Å². The summed E-state index contributed by atoms with van der Waals surface area (Å²) in [7, 11) is 4.02. The van der Waals surface area contributed by atoms with E-state index in [4.69, 9.17) is 5.73 Å². The molecule has 1 aromatic heterocycles. The van der Waals surface area contributed by atoms with Crippen LogP contribution in [0.2, 0.25) is 0 Å². The van der Waals surface area contributed by atoms with Gasteiger partial charge in [0.1, 0.15) is 0 Å². The first-order valence-electron chi connectivity index (χ1n) is 6.57. The number of hydrogen-bond acceptors (Lipinski definition) is 4. The van der Waals surface area contributed by atoms with Crippen LogP contribution < -0.4 is 10.6 Å². The molecule has 3 rings (SSSR count). The molecule has 0 bridgehead atoms. The van der Waals surface area contributed by atoms with Gasteiger partial charge in [-0.2, -0.15) is 0 Å². The monoisotopic (exact) mass is 302 g/mol. The van der Waals surface area contributed by atoms with Crippen LogP contribution >= 0.6 is 11.6 Å². The SMILES string of the molecule is CCl.Cc1cc2nc3ccc(N(C)C)cc3nc2cc1N. The van der Waals surface area contributed by atoms with Gasteiger partial charge in [0.25, 0.3) is 0 Å². The van der Waals surface area contributed by atoms with Crippen molar-refractivity contribution >= 4 is 45.0 Å². The molecule has 0 atom stereocenters. The first-order valence-corrected chi connectivity index (χ1v) is 7.33. The molecule has 0 fully saturated rings. The lowest BCUT2D eigenvalue weighted by molar-refractivity contribution is 1.13. The molecule has 1 heterocycles. The Labute approximate surface area is 129 Å². The number of fused-ring (bicyclic) bond motifs is 2. The summed E-state index contributed by atoms with van der Waals surface area (Å²) in [4.78, 5) is 11.3. The number of nitrogens with zero attached hydrogens (tertiary/aromatic N) is 3. The van der Waals surface area contributed by atoms with Crippen LogP contribution in [0.15, 0.2) is 30.3 Å². The third kappa shape index (κ3) is 3.00. The molecular weight excluding hydrogens is 284 g/mol. The maximum absolute atomic E-state index is 5.93. The van der Waals surface area contributed by atoms with Crippen LogP contribution in [-0.2, 0) is 0 Å².